The Hall–Kier alpha value is -1.37. The summed E-state index contributed by atoms with van der Waals surface area (Å²) < 4.78 is 6.05. The highest BCUT2D eigenvalue weighted by atomic mass is 32.2. The maximum atomic E-state index is 10.6. The largest absolute Gasteiger partial charge is 0.387 e. The summed E-state index contributed by atoms with van der Waals surface area (Å²) in [5.41, 5.74) is 17.8. The second-order valence-electron chi connectivity index (χ2n) is 7.48. The molecule has 3 rings (SSSR count). The molecule has 0 spiro atoms. The van der Waals surface area contributed by atoms with E-state index in [1.165, 1.54) is 6.33 Å². The normalized spacial score (nSPS) is 27.1. The Balaban J connectivity index is 1.56. The van der Waals surface area contributed by atoms with Gasteiger partial charge in [-0.3, -0.25) is 0 Å². The Morgan fingerprint density at radius 2 is 2.00 bits per heavy atom. The average Bonchev–Trinajstić information content (AvgIpc) is 3.26. The topological polar surface area (TPSA) is 169 Å². The molecule has 1 aromatic heterocycles. The lowest BCUT2D eigenvalue weighted by atomic mass is 10.1. The maximum Gasteiger partial charge on any atom is 0.162 e. The van der Waals surface area contributed by atoms with Crippen molar-refractivity contribution < 1.29 is 14.9 Å². The fourth-order valence-corrected chi connectivity index (χ4v) is 5.15. The second-order valence-corrected chi connectivity index (χ2v) is 8.81. The van der Waals surface area contributed by atoms with Gasteiger partial charge in [-0.15, -0.1) is 0 Å². The average molecular weight is 428 g/mol. The number of nitrogens with two attached hydrogens (primary N) is 3. The molecule has 29 heavy (non-hydrogen) atoms. The van der Waals surface area contributed by atoms with E-state index in [0.29, 0.717) is 41.5 Å². The molecule has 3 heterocycles. The molecule has 1 fully saturated rings. The number of aromatic nitrogens is 2. The minimum Gasteiger partial charge on any atom is -0.387 e. The van der Waals surface area contributed by atoms with Gasteiger partial charge in [-0.25, -0.2) is 9.97 Å². The van der Waals surface area contributed by atoms with Gasteiger partial charge in [0.1, 0.15) is 24.2 Å². The first-order valence-corrected chi connectivity index (χ1v) is 11.3. The molecule has 0 aromatic carbocycles. The van der Waals surface area contributed by atoms with Gasteiger partial charge in [0, 0.05) is 11.0 Å². The van der Waals surface area contributed by atoms with Gasteiger partial charge in [0.05, 0.1) is 12.8 Å². The highest BCUT2D eigenvalue weighted by Crippen LogP contribution is 2.38. The number of aliphatic hydroxyl groups is 2. The third-order valence-electron chi connectivity index (χ3n) is 5.41. The van der Waals surface area contributed by atoms with Crippen molar-refractivity contribution in [2.75, 3.05) is 41.5 Å². The third-order valence-corrected chi connectivity index (χ3v) is 6.88. The molecule has 1 aromatic rings. The molecule has 0 aliphatic carbocycles. The zero-order valence-electron chi connectivity index (χ0n) is 16.6. The van der Waals surface area contributed by atoms with E-state index in [4.69, 9.17) is 21.9 Å². The predicted octanol–water partition coefficient (Wildman–Crippen LogP) is -0.335. The molecule has 164 valence electrons. The van der Waals surface area contributed by atoms with Crippen molar-refractivity contribution in [3.05, 3.63) is 6.33 Å². The zero-order valence-corrected chi connectivity index (χ0v) is 17.4. The summed E-state index contributed by atoms with van der Waals surface area (Å²) in [6.07, 6.45) is 3.47. The number of hydrogen-bond acceptors (Lipinski definition) is 11. The summed E-state index contributed by atoms with van der Waals surface area (Å²) in [5, 5.41) is 24.7. The van der Waals surface area contributed by atoms with Gasteiger partial charge < -0.3 is 42.4 Å². The Kier molecular flexibility index (Phi) is 8.16. The number of thioether (sulfide) groups is 1. The van der Waals surface area contributed by atoms with Gasteiger partial charge in [-0.1, -0.05) is 12.8 Å². The lowest BCUT2D eigenvalue weighted by molar-refractivity contribution is 0.0170. The number of nitrogen functional groups attached to an aromatic ring is 1. The van der Waals surface area contributed by atoms with Crippen LogP contribution < -0.4 is 27.4 Å². The number of anilines is 3. The van der Waals surface area contributed by atoms with Gasteiger partial charge in [0.2, 0.25) is 0 Å². The smallest absolute Gasteiger partial charge is 0.162 e. The third kappa shape index (κ3) is 5.22. The van der Waals surface area contributed by atoms with Crippen LogP contribution in [0.1, 0.15) is 32.1 Å². The molecule has 0 amide bonds. The molecule has 11 heteroatoms. The van der Waals surface area contributed by atoms with Crippen LogP contribution in [0.3, 0.4) is 0 Å². The molecule has 10 nitrogen and oxygen atoms in total. The lowest BCUT2D eigenvalue weighted by Crippen LogP contribution is -2.44. The Bertz CT molecular complexity index is 656. The molecule has 0 saturated carbocycles. The SMILES string of the molecule is NCCCCC[C@H](CCN)SC[C@H]1O[C@@H](N2CNc3c(N)ncnc32)[C@H](O)[C@@H]1O. The first kappa shape index (κ1) is 22.3. The minimum atomic E-state index is -1.04. The highest BCUT2D eigenvalue weighted by Gasteiger charge is 2.47. The second kappa shape index (κ2) is 10.6. The Labute approximate surface area is 175 Å². The first-order valence-electron chi connectivity index (χ1n) is 10.2. The molecule has 0 radical (unpaired) electrons. The van der Waals surface area contributed by atoms with Crippen molar-refractivity contribution in [3.63, 3.8) is 0 Å². The maximum absolute atomic E-state index is 10.6. The van der Waals surface area contributed by atoms with Crippen molar-refractivity contribution in [2.45, 2.75) is 61.9 Å². The Morgan fingerprint density at radius 3 is 2.76 bits per heavy atom. The number of ether oxygens (including phenoxy) is 1. The van der Waals surface area contributed by atoms with Crippen LogP contribution in [0.15, 0.2) is 6.33 Å². The number of nitrogens with zero attached hydrogens (tertiary/aromatic N) is 3. The first-order chi connectivity index (χ1) is 14.1. The van der Waals surface area contributed by atoms with E-state index < -0.39 is 24.5 Å². The van der Waals surface area contributed by atoms with Gasteiger partial charge in [-0.2, -0.15) is 11.8 Å². The molecule has 5 atom stereocenters. The van der Waals surface area contributed by atoms with E-state index in [2.05, 4.69) is 15.3 Å². The van der Waals surface area contributed by atoms with E-state index in [-0.39, 0.29) is 0 Å². The predicted molar refractivity (Wildman–Crippen MR) is 116 cm³/mol. The molecule has 1 saturated heterocycles. The number of hydrogen-bond donors (Lipinski definition) is 6. The highest BCUT2D eigenvalue weighted by molar-refractivity contribution is 7.99. The van der Waals surface area contributed by atoms with E-state index in [1.807, 2.05) is 0 Å². The van der Waals surface area contributed by atoms with Crippen molar-refractivity contribution in [1.29, 1.82) is 0 Å². The van der Waals surface area contributed by atoms with E-state index in [1.54, 1.807) is 16.7 Å². The van der Waals surface area contributed by atoms with Crippen LogP contribution in [0.25, 0.3) is 0 Å². The van der Waals surface area contributed by atoms with Crippen molar-refractivity contribution in [2.24, 2.45) is 11.5 Å². The van der Waals surface area contributed by atoms with Gasteiger partial charge in [0.25, 0.3) is 0 Å². The fourth-order valence-electron chi connectivity index (χ4n) is 3.77. The standard InChI is InChI=1S/C18H33N7O3S/c19-6-3-1-2-4-11(5-7-20)29-8-12-14(26)15(27)18(28-12)25-10-24-13-16(21)22-9-23-17(13)25/h9,11-12,14-15,18,24,26-27H,1-8,10,19-20H2,(H2,21,22,23)/t11-,12-,14-,15-,18-/m1/s1. The van der Waals surface area contributed by atoms with Crippen molar-refractivity contribution in [1.82, 2.24) is 9.97 Å². The van der Waals surface area contributed by atoms with E-state index in [9.17, 15) is 10.2 Å². The lowest BCUT2D eigenvalue weighted by Gasteiger charge is -2.26. The number of fused-ring (bicyclic) bond motifs is 1. The number of nitrogens with one attached hydrogen (secondary N) is 1. The number of aliphatic hydroxyl groups excluding tert-OH is 2. The zero-order chi connectivity index (χ0) is 20.8. The van der Waals surface area contributed by atoms with Crippen molar-refractivity contribution in [3.8, 4) is 0 Å². The van der Waals surface area contributed by atoms with Crippen LogP contribution in [0.5, 0.6) is 0 Å². The van der Waals surface area contributed by atoms with Crippen LogP contribution in [-0.2, 0) is 4.74 Å². The molecular formula is C18H33N7O3S. The van der Waals surface area contributed by atoms with Gasteiger partial charge in [0.15, 0.2) is 17.9 Å². The molecule has 0 bridgehead atoms. The monoisotopic (exact) mass is 427 g/mol. The van der Waals surface area contributed by atoms with Crippen molar-refractivity contribution >= 4 is 29.1 Å². The summed E-state index contributed by atoms with van der Waals surface area (Å²) in [5.74, 6) is 1.51. The summed E-state index contributed by atoms with van der Waals surface area (Å²) >= 11 is 1.75. The van der Waals surface area contributed by atoms with Crippen LogP contribution in [0.4, 0.5) is 17.3 Å². The van der Waals surface area contributed by atoms with E-state index in [0.717, 1.165) is 38.6 Å². The van der Waals surface area contributed by atoms with E-state index >= 15 is 0 Å². The van der Waals surface area contributed by atoms with Crippen LogP contribution in [0.2, 0.25) is 0 Å². The number of unbranched alkanes of at least 4 members (excludes halogenated alkanes) is 2. The summed E-state index contributed by atoms with van der Waals surface area (Å²) in [7, 11) is 0. The minimum absolute atomic E-state index is 0.344. The summed E-state index contributed by atoms with van der Waals surface area (Å²) in [6, 6.07) is 0. The van der Waals surface area contributed by atoms with Crippen LogP contribution in [-0.4, -0.2) is 75.5 Å². The summed E-state index contributed by atoms with van der Waals surface area (Å²) in [6.45, 7) is 1.73. The van der Waals surface area contributed by atoms with Crippen LogP contribution >= 0.6 is 11.8 Å². The molecule has 9 N–H and O–H groups in total. The molecular weight excluding hydrogens is 394 g/mol. The van der Waals surface area contributed by atoms with Crippen LogP contribution in [0, 0.1) is 0 Å². The fraction of sp³-hybridized carbons (Fsp3) is 0.778. The molecule has 0 unspecified atom stereocenters. The van der Waals surface area contributed by atoms with Gasteiger partial charge in [-0.05, 0) is 32.4 Å². The number of rotatable bonds is 11. The Morgan fingerprint density at radius 1 is 1.17 bits per heavy atom. The quantitative estimate of drug-likeness (QED) is 0.256. The molecule has 2 aliphatic rings. The summed E-state index contributed by atoms with van der Waals surface area (Å²) in [4.78, 5) is 9.99. The van der Waals surface area contributed by atoms with Gasteiger partial charge >= 0.3 is 0 Å². The molecule has 2 aliphatic heterocycles.